The zero-order valence-corrected chi connectivity index (χ0v) is 13.2. The van der Waals surface area contributed by atoms with Crippen molar-refractivity contribution in [2.75, 3.05) is 14.2 Å². The highest BCUT2D eigenvalue weighted by atomic mass is 32.2. The smallest absolute Gasteiger partial charge is 0.301 e. The Hall–Kier alpha value is -2.41. The number of sulfonamides is 1. The largest absolute Gasteiger partial charge is 0.497 e. The first-order valence-electron chi connectivity index (χ1n) is 6.58. The van der Waals surface area contributed by atoms with E-state index >= 15 is 0 Å². The molecule has 0 saturated heterocycles. The molecule has 6 nitrogen and oxygen atoms in total. The summed E-state index contributed by atoms with van der Waals surface area (Å²) < 4.78 is 32.5. The molecule has 0 aliphatic heterocycles. The van der Waals surface area contributed by atoms with E-state index in [0.717, 1.165) is 11.3 Å². The van der Waals surface area contributed by atoms with Crippen molar-refractivity contribution >= 4 is 10.0 Å². The van der Waals surface area contributed by atoms with E-state index in [1.807, 2.05) is 24.3 Å². The van der Waals surface area contributed by atoms with E-state index in [1.165, 1.54) is 17.1 Å². The summed E-state index contributed by atoms with van der Waals surface area (Å²) in [4.78, 5) is 0.122. The summed E-state index contributed by atoms with van der Waals surface area (Å²) in [6, 6.07) is 15.4. The molecule has 0 aromatic heterocycles. The number of benzene rings is 2. The Morgan fingerprint density at radius 1 is 1.05 bits per heavy atom. The van der Waals surface area contributed by atoms with Gasteiger partial charge in [-0.25, -0.2) is 0 Å². The zero-order valence-electron chi connectivity index (χ0n) is 12.4. The molecule has 116 valence electrons. The Morgan fingerprint density at radius 2 is 1.68 bits per heavy atom. The average Bonchev–Trinajstić information content (AvgIpc) is 2.55. The molecule has 0 aliphatic rings. The zero-order chi connectivity index (χ0) is 16.0. The van der Waals surface area contributed by atoms with Crippen LogP contribution in [0, 0.1) is 0 Å². The first-order chi connectivity index (χ1) is 10.5. The minimum absolute atomic E-state index is 0.122. The molecule has 0 radical (unpaired) electrons. The Morgan fingerprint density at radius 3 is 2.27 bits per heavy atom. The van der Waals surface area contributed by atoms with Crippen molar-refractivity contribution in [3.05, 3.63) is 60.2 Å². The molecule has 2 rings (SSSR count). The molecule has 0 N–H and O–H groups in total. The van der Waals surface area contributed by atoms with Gasteiger partial charge in [0.2, 0.25) is 0 Å². The van der Waals surface area contributed by atoms with Crippen molar-refractivity contribution in [3.8, 4) is 5.75 Å². The lowest BCUT2D eigenvalue weighted by Gasteiger charge is -2.11. The van der Waals surface area contributed by atoms with Crippen LogP contribution in [-0.4, -0.2) is 27.6 Å². The minimum Gasteiger partial charge on any atom is -0.497 e. The van der Waals surface area contributed by atoms with Gasteiger partial charge in [-0.15, -0.1) is 0 Å². The lowest BCUT2D eigenvalue weighted by Crippen LogP contribution is -2.10. The SMILES string of the molecule is COc1ccc(CN(C)N=NS(=O)(=O)c2ccccc2)cc1. The first kappa shape index (κ1) is 16.0. The van der Waals surface area contributed by atoms with Gasteiger partial charge >= 0.3 is 10.0 Å². The highest BCUT2D eigenvalue weighted by Crippen LogP contribution is 2.14. The number of hydrogen-bond acceptors (Lipinski definition) is 4. The molecule has 0 unspecified atom stereocenters. The van der Waals surface area contributed by atoms with Crippen molar-refractivity contribution < 1.29 is 13.2 Å². The molecule has 0 spiro atoms. The summed E-state index contributed by atoms with van der Waals surface area (Å²) in [6.07, 6.45) is 0. The number of rotatable bonds is 6. The standard InChI is InChI=1S/C15H17N3O3S/c1-18(12-13-8-10-14(21-2)11-9-13)16-17-22(19,20)15-6-4-3-5-7-15/h3-11H,12H2,1-2H3. The monoisotopic (exact) mass is 319 g/mol. The van der Waals surface area contributed by atoms with E-state index in [1.54, 1.807) is 32.4 Å². The third kappa shape index (κ3) is 4.29. The highest BCUT2D eigenvalue weighted by molar-refractivity contribution is 7.90. The van der Waals surface area contributed by atoms with Crippen molar-refractivity contribution in [2.45, 2.75) is 11.4 Å². The number of methoxy groups -OCH3 is 1. The number of nitrogens with zero attached hydrogens (tertiary/aromatic N) is 3. The fraction of sp³-hybridized carbons (Fsp3) is 0.200. The summed E-state index contributed by atoms with van der Waals surface area (Å²) in [5.74, 6) is 0.764. The van der Waals surface area contributed by atoms with Crippen LogP contribution in [-0.2, 0) is 16.6 Å². The summed E-state index contributed by atoms with van der Waals surface area (Å²) in [5.41, 5.74) is 0.972. The molecule has 7 heteroatoms. The van der Waals surface area contributed by atoms with Crippen LogP contribution in [0.25, 0.3) is 0 Å². The second kappa shape index (κ2) is 7.04. The Labute approximate surface area is 130 Å². The van der Waals surface area contributed by atoms with Crippen molar-refractivity contribution in [2.24, 2.45) is 9.74 Å². The van der Waals surface area contributed by atoms with Gasteiger partial charge < -0.3 is 4.74 Å². The minimum atomic E-state index is -3.76. The molecule has 0 aliphatic carbocycles. The molecule has 0 bridgehead atoms. The van der Waals surface area contributed by atoms with Crippen LogP contribution in [0.3, 0.4) is 0 Å². The topological polar surface area (TPSA) is 71.3 Å². The van der Waals surface area contributed by atoms with Gasteiger partial charge in [-0.1, -0.05) is 35.6 Å². The normalized spacial score (nSPS) is 11.5. The van der Waals surface area contributed by atoms with Crippen LogP contribution in [0.2, 0.25) is 0 Å². The van der Waals surface area contributed by atoms with Gasteiger partial charge in [0.1, 0.15) is 5.75 Å². The molecular weight excluding hydrogens is 302 g/mol. The molecule has 0 fully saturated rings. The van der Waals surface area contributed by atoms with Crippen LogP contribution in [0.4, 0.5) is 0 Å². The maximum absolute atomic E-state index is 12.0. The summed E-state index contributed by atoms with van der Waals surface area (Å²) in [7, 11) is -0.500. The number of hydrogen-bond donors (Lipinski definition) is 0. The van der Waals surface area contributed by atoms with Gasteiger partial charge in [0.25, 0.3) is 0 Å². The van der Waals surface area contributed by atoms with E-state index in [2.05, 4.69) is 9.74 Å². The van der Waals surface area contributed by atoms with Crippen molar-refractivity contribution in [3.63, 3.8) is 0 Å². The third-order valence-corrected chi connectivity index (χ3v) is 4.06. The molecule has 0 saturated carbocycles. The second-order valence-electron chi connectivity index (χ2n) is 4.62. The second-order valence-corrected chi connectivity index (χ2v) is 6.21. The van der Waals surface area contributed by atoms with Crippen LogP contribution in [0.5, 0.6) is 5.75 Å². The molecular formula is C15H17N3O3S. The highest BCUT2D eigenvalue weighted by Gasteiger charge is 2.12. The van der Waals surface area contributed by atoms with Crippen LogP contribution < -0.4 is 4.74 Å². The molecule has 0 amide bonds. The quantitative estimate of drug-likeness (QED) is 0.606. The van der Waals surface area contributed by atoms with Gasteiger partial charge in [0, 0.05) is 7.05 Å². The molecule has 2 aromatic rings. The molecule has 2 aromatic carbocycles. The maximum atomic E-state index is 12.0. The maximum Gasteiger partial charge on any atom is 0.301 e. The van der Waals surface area contributed by atoms with Gasteiger partial charge in [0.15, 0.2) is 0 Å². The predicted molar refractivity (Wildman–Crippen MR) is 82.9 cm³/mol. The average molecular weight is 319 g/mol. The Balaban J connectivity index is 2.03. The van der Waals surface area contributed by atoms with E-state index in [9.17, 15) is 8.42 Å². The van der Waals surface area contributed by atoms with Crippen LogP contribution >= 0.6 is 0 Å². The van der Waals surface area contributed by atoms with Gasteiger partial charge in [-0.3, -0.25) is 5.01 Å². The lowest BCUT2D eigenvalue weighted by atomic mass is 10.2. The number of ether oxygens (including phenoxy) is 1. The fourth-order valence-corrected chi connectivity index (χ4v) is 2.59. The van der Waals surface area contributed by atoms with Gasteiger partial charge in [-0.2, -0.15) is 8.42 Å². The Kier molecular flexibility index (Phi) is 5.11. The van der Waals surface area contributed by atoms with Crippen LogP contribution in [0.15, 0.2) is 69.2 Å². The molecule has 22 heavy (non-hydrogen) atoms. The van der Waals surface area contributed by atoms with Crippen molar-refractivity contribution in [1.29, 1.82) is 0 Å². The fourth-order valence-electron chi connectivity index (χ4n) is 1.78. The molecule has 0 heterocycles. The third-order valence-electron chi connectivity index (χ3n) is 2.91. The summed E-state index contributed by atoms with van der Waals surface area (Å²) in [5, 5.41) is 5.21. The lowest BCUT2D eigenvalue weighted by molar-refractivity contribution is 0.325. The van der Waals surface area contributed by atoms with E-state index < -0.39 is 10.0 Å². The van der Waals surface area contributed by atoms with Gasteiger partial charge in [0.05, 0.1) is 18.6 Å². The van der Waals surface area contributed by atoms with E-state index in [-0.39, 0.29) is 4.90 Å². The van der Waals surface area contributed by atoms with Crippen molar-refractivity contribution in [1.82, 2.24) is 5.01 Å². The molecule has 0 atom stereocenters. The summed E-state index contributed by atoms with van der Waals surface area (Å²) >= 11 is 0. The Bertz CT molecular complexity index is 728. The van der Waals surface area contributed by atoms with E-state index in [0.29, 0.717) is 6.54 Å². The first-order valence-corrected chi connectivity index (χ1v) is 8.02. The summed E-state index contributed by atoms with van der Waals surface area (Å²) in [6.45, 7) is 0.442. The van der Waals surface area contributed by atoms with E-state index in [4.69, 9.17) is 4.74 Å². The van der Waals surface area contributed by atoms with Gasteiger partial charge in [-0.05, 0) is 34.3 Å². The predicted octanol–water partition coefficient (Wildman–Crippen LogP) is 2.88. The van der Waals surface area contributed by atoms with Crippen LogP contribution in [0.1, 0.15) is 5.56 Å².